The second kappa shape index (κ2) is 9.15. The molecule has 1 saturated carbocycles. The quantitative estimate of drug-likeness (QED) is 0.463. The first-order valence-electron chi connectivity index (χ1n) is 10.9. The van der Waals surface area contributed by atoms with E-state index in [4.69, 9.17) is 4.74 Å². The Balaban J connectivity index is 1.85. The lowest BCUT2D eigenvalue weighted by Gasteiger charge is -2.32. The number of rotatable bonds is 5. The molecule has 1 aromatic rings. The van der Waals surface area contributed by atoms with Crippen LogP contribution in [0.15, 0.2) is 12.1 Å². The molecule has 2 unspecified atom stereocenters. The van der Waals surface area contributed by atoms with Gasteiger partial charge < -0.3 is 4.74 Å². The van der Waals surface area contributed by atoms with Crippen molar-refractivity contribution >= 4 is 0 Å². The highest BCUT2D eigenvalue weighted by molar-refractivity contribution is 5.40. The maximum absolute atomic E-state index is 15.2. The molecule has 1 heterocycles. The molecule has 1 aromatic carbocycles. The molecule has 1 aliphatic heterocycles. The first-order chi connectivity index (χ1) is 13.3. The summed E-state index contributed by atoms with van der Waals surface area (Å²) < 4.78 is 62.4. The minimum Gasteiger partial charge on any atom is -0.378 e. The minimum atomic E-state index is -4.68. The first-order valence-corrected chi connectivity index (χ1v) is 10.9. The highest BCUT2D eigenvalue weighted by atomic mass is 19.4. The van der Waals surface area contributed by atoms with E-state index in [1.165, 1.54) is 6.07 Å². The third-order valence-corrected chi connectivity index (χ3v) is 6.74. The van der Waals surface area contributed by atoms with E-state index >= 15 is 4.39 Å². The number of hydrogen-bond donors (Lipinski definition) is 0. The zero-order valence-electron chi connectivity index (χ0n) is 17.0. The lowest BCUT2D eigenvalue weighted by Crippen LogP contribution is -2.27. The Morgan fingerprint density at radius 1 is 0.929 bits per heavy atom. The van der Waals surface area contributed by atoms with Crippen LogP contribution in [0.5, 0.6) is 0 Å². The molecule has 0 bridgehead atoms. The fourth-order valence-corrected chi connectivity index (χ4v) is 5.09. The average molecular weight is 401 g/mol. The predicted molar refractivity (Wildman–Crippen MR) is 103 cm³/mol. The van der Waals surface area contributed by atoms with Crippen LogP contribution in [0.4, 0.5) is 17.6 Å². The van der Waals surface area contributed by atoms with E-state index < -0.39 is 17.6 Å². The zero-order chi connectivity index (χ0) is 20.3. The van der Waals surface area contributed by atoms with E-state index in [9.17, 15) is 13.2 Å². The molecule has 2 aliphatic rings. The van der Waals surface area contributed by atoms with Crippen LogP contribution in [0.25, 0.3) is 0 Å². The summed E-state index contributed by atoms with van der Waals surface area (Å²) in [4.78, 5) is 0. The number of benzene rings is 1. The Bertz CT molecular complexity index is 639. The molecule has 0 radical (unpaired) electrons. The summed E-state index contributed by atoms with van der Waals surface area (Å²) in [6.07, 6.45) is 3.42. The second-order valence-electron chi connectivity index (χ2n) is 8.57. The smallest absolute Gasteiger partial charge is 0.378 e. The van der Waals surface area contributed by atoms with Gasteiger partial charge in [0.05, 0.1) is 18.3 Å². The van der Waals surface area contributed by atoms with Crippen LogP contribution in [0.3, 0.4) is 0 Å². The van der Waals surface area contributed by atoms with Crippen molar-refractivity contribution in [3.63, 3.8) is 0 Å². The first kappa shape index (κ1) is 21.6. The van der Waals surface area contributed by atoms with Gasteiger partial charge in [0, 0.05) is 5.92 Å². The molecular formula is C23H32F4O. The van der Waals surface area contributed by atoms with Gasteiger partial charge in [0.25, 0.3) is 0 Å². The Hall–Kier alpha value is -1.10. The van der Waals surface area contributed by atoms with E-state index in [-0.39, 0.29) is 35.7 Å². The Morgan fingerprint density at radius 3 is 2.11 bits per heavy atom. The second-order valence-corrected chi connectivity index (χ2v) is 8.57. The molecule has 158 valence electrons. The predicted octanol–water partition coefficient (Wildman–Crippen LogP) is 7.59. The van der Waals surface area contributed by atoms with Crippen molar-refractivity contribution in [3.8, 4) is 0 Å². The van der Waals surface area contributed by atoms with Crippen molar-refractivity contribution in [1.82, 2.24) is 0 Å². The van der Waals surface area contributed by atoms with Crippen molar-refractivity contribution in [3.05, 3.63) is 34.6 Å². The topological polar surface area (TPSA) is 9.23 Å². The summed E-state index contributed by atoms with van der Waals surface area (Å²) in [5.41, 5.74) is -0.721. The van der Waals surface area contributed by atoms with Crippen LogP contribution in [0.1, 0.15) is 100 Å². The molecule has 2 atom stereocenters. The van der Waals surface area contributed by atoms with Crippen LogP contribution in [0, 0.1) is 11.7 Å². The molecule has 3 rings (SSSR count). The Labute approximate surface area is 165 Å². The molecule has 28 heavy (non-hydrogen) atoms. The number of alkyl halides is 3. The molecule has 1 nitrogen and oxygen atoms in total. The lowest BCUT2D eigenvalue weighted by atomic mass is 9.76. The highest BCUT2D eigenvalue weighted by Gasteiger charge is 2.41. The maximum Gasteiger partial charge on any atom is 0.419 e. The van der Waals surface area contributed by atoms with Gasteiger partial charge in [0.15, 0.2) is 0 Å². The highest BCUT2D eigenvalue weighted by Crippen LogP contribution is 2.45. The Morgan fingerprint density at radius 2 is 1.57 bits per heavy atom. The molecule has 1 aliphatic carbocycles. The summed E-state index contributed by atoms with van der Waals surface area (Å²) in [7, 11) is 0. The van der Waals surface area contributed by atoms with E-state index in [2.05, 4.69) is 6.92 Å². The zero-order valence-corrected chi connectivity index (χ0v) is 17.0. The summed E-state index contributed by atoms with van der Waals surface area (Å²) in [6, 6.07) is 3.15. The minimum absolute atomic E-state index is 0.0722. The van der Waals surface area contributed by atoms with Gasteiger partial charge in [0.1, 0.15) is 5.82 Å². The van der Waals surface area contributed by atoms with Gasteiger partial charge >= 0.3 is 6.18 Å². The van der Waals surface area contributed by atoms with Gasteiger partial charge in [-0.05, 0) is 67.9 Å². The van der Waals surface area contributed by atoms with E-state index in [1.807, 2.05) is 6.92 Å². The Kier molecular flexibility index (Phi) is 7.06. The van der Waals surface area contributed by atoms with Gasteiger partial charge in [-0.25, -0.2) is 4.39 Å². The fraction of sp³-hybridized carbons (Fsp3) is 0.739. The van der Waals surface area contributed by atoms with E-state index in [0.29, 0.717) is 12.3 Å². The number of halogens is 4. The van der Waals surface area contributed by atoms with Gasteiger partial charge in [-0.3, -0.25) is 0 Å². The van der Waals surface area contributed by atoms with Gasteiger partial charge in [-0.1, -0.05) is 38.8 Å². The third-order valence-electron chi connectivity index (χ3n) is 6.74. The molecule has 0 aromatic heterocycles. The van der Waals surface area contributed by atoms with Crippen LogP contribution in [-0.4, -0.2) is 12.7 Å². The summed E-state index contributed by atoms with van der Waals surface area (Å²) in [5, 5.41) is 0. The molecule has 0 spiro atoms. The van der Waals surface area contributed by atoms with Crippen LogP contribution in [0.2, 0.25) is 0 Å². The third kappa shape index (κ3) is 4.72. The van der Waals surface area contributed by atoms with Crippen LogP contribution in [-0.2, 0) is 10.9 Å². The fourth-order valence-electron chi connectivity index (χ4n) is 5.09. The average Bonchev–Trinajstić information content (AvgIpc) is 2.68. The molecule has 0 amide bonds. The lowest BCUT2D eigenvalue weighted by molar-refractivity contribution is -0.141. The summed E-state index contributed by atoms with van der Waals surface area (Å²) in [6.45, 7) is 4.40. The van der Waals surface area contributed by atoms with Gasteiger partial charge in [0.2, 0.25) is 0 Å². The van der Waals surface area contributed by atoms with Crippen molar-refractivity contribution < 1.29 is 22.3 Å². The number of ether oxygens (including phenoxy) is 1. The molecule has 0 N–H and O–H groups in total. The summed E-state index contributed by atoms with van der Waals surface area (Å²) in [5.74, 6) is -0.892. The van der Waals surface area contributed by atoms with Crippen molar-refractivity contribution in [1.29, 1.82) is 0 Å². The van der Waals surface area contributed by atoms with Crippen LogP contribution >= 0.6 is 0 Å². The summed E-state index contributed by atoms with van der Waals surface area (Å²) >= 11 is 0. The van der Waals surface area contributed by atoms with Crippen molar-refractivity contribution in [2.75, 3.05) is 6.61 Å². The maximum atomic E-state index is 15.2. The van der Waals surface area contributed by atoms with E-state index in [1.54, 1.807) is 6.07 Å². The monoisotopic (exact) mass is 400 g/mol. The van der Waals surface area contributed by atoms with Crippen LogP contribution < -0.4 is 0 Å². The molecule has 2 fully saturated rings. The normalized spacial score (nSPS) is 29.1. The molecule has 5 heteroatoms. The number of hydrogen-bond acceptors (Lipinski definition) is 1. The van der Waals surface area contributed by atoms with Crippen molar-refractivity contribution in [2.45, 2.75) is 95.8 Å². The largest absolute Gasteiger partial charge is 0.419 e. The SMILES string of the molecule is CCCC1CCC(c2ccc(C3CCC(CC)OC3)c(C(F)(F)F)c2F)CC1. The molecule has 1 saturated heterocycles. The van der Waals surface area contributed by atoms with Crippen molar-refractivity contribution in [2.24, 2.45) is 5.92 Å². The van der Waals surface area contributed by atoms with E-state index in [0.717, 1.165) is 51.4 Å². The van der Waals surface area contributed by atoms with Gasteiger partial charge in [-0.15, -0.1) is 0 Å². The van der Waals surface area contributed by atoms with Gasteiger partial charge in [-0.2, -0.15) is 13.2 Å². The standard InChI is InChI=1S/C23H32F4O/c1-3-5-15-6-8-16(9-7-15)20-13-12-19(21(22(20)24)23(25,26)27)17-10-11-18(4-2)28-14-17/h12-13,15-18H,3-11,14H2,1-2H3. The molecular weight excluding hydrogens is 368 g/mol.